The lowest BCUT2D eigenvalue weighted by Gasteiger charge is -2.35. The molecule has 6 heteroatoms. The fourth-order valence-electron chi connectivity index (χ4n) is 2.38. The van der Waals surface area contributed by atoms with Crippen molar-refractivity contribution < 1.29 is 23.9 Å². The molecule has 1 saturated heterocycles. The van der Waals surface area contributed by atoms with Gasteiger partial charge in [-0.15, -0.1) is 0 Å². The predicted molar refractivity (Wildman–Crippen MR) is 69.6 cm³/mol. The van der Waals surface area contributed by atoms with Gasteiger partial charge >= 0.3 is 5.97 Å². The number of furan rings is 1. The number of likely N-dealkylation sites (tertiary alicyclic amines) is 1. The average molecular weight is 279 g/mol. The number of nitrogens with zero attached hydrogens (tertiary/aromatic N) is 1. The Hall–Kier alpha value is -2.11. The summed E-state index contributed by atoms with van der Waals surface area (Å²) in [4.78, 5) is 36.1. The van der Waals surface area contributed by atoms with Crippen molar-refractivity contribution in [2.24, 2.45) is 5.92 Å². The number of carboxylic acids is 1. The topological polar surface area (TPSA) is 87.8 Å². The van der Waals surface area contributed by atoms with Gasteiger partial charge in [-0.3, -0.25) is 14.4 Å². The molecule has 1 fully saturated rings. The maximum absolute atomic E-state index is 12.3. The molecule has 2 rings (SSSR count). The molecule has 0 saturated carbocycles. The Bertz CT molecular complexity index is 548. The van der Waals surface area contributed by atoms with Crippen LogP contribution in [0, 0.1) is 5.92 Å². The van der Waals surface area contributed by atoms with Crippen molar-refractivity contribution in [1.29, 1.82) is 0 Å². The Morgan fingerprint density at radius 1 is 1.25 bits per heavy atom. The molecule has 1 amide bonds. The SMILES string of the molecule is CC(=O)c1ccc(C(=O)N2CC(C(=O)O)CCC2C)o1. The number of carbonyl (C=O) groups excluding carboxylic acids is 2. The predicted octanol–water partition coefficient (Wildman–Crippen LogP) is 1.81. The number of carbonyl (C=O) groups is 3. The van der Waals surface area contributed by atoms with E-state index in [0.29, 0.717) is 12.8 Å². The van der Waals surface area contributed by atoms with E-state index in [0.717, 1.165) is 0 Å². The Kier molecular flexibility index (Phi) is 3.92. The molecule has 1 N–H and O–H groups in total. The van der Waals surface area contributed by atoms with Gasteiger partial charge in [-0.1, -0.05) is 0 Å². The van der Waals surface area contributed by atoms with Crippen LogP contribution in [0.2, 0.25) is 0 Å². The molecule has 1 aliphatic rings. The minimum atomic E-state index is -0.890. The third-order valence-corrected chi connectivity index (χ3v) is 3.66. The van der Waals surface area contributed by atoms with Crippen molar-refractivity contribution in [2.45, 2.75) is 32.7 Å². The van der Waals surface area contributed by atoms with Crippen LogP contribution < -0.4 is 0 Å². The number of piperidine rings is 1. The molecule has 0 aliphatic carbocycles. The van der Waals surface area contributed by atoms with Gasteiger partial charge < -0.3 is 14.4 Å². The van der Waals surface area contributed by atoms with Gasteiger partial charge in [0.25, 0.3) is 5.91 Å². The van der Waals surface area contributed by atoms with Gasteiger partial charge in [0.2, 0.25) is 0 Å². The number of hydrogen-bond donors (Lipinski definition) is 1. The van der Waals surface area contributed by atoms with Gasteiger partial charge in [0.05, 0.1) is 5.92 Å². The highest BCUT2D eigenvalue weighted by molar-refractivity contribution is 5.95. The van der Waals surface area contributed by atoms with Crippen LogP contribution in [0.15, 0.2) is 16.5 Å². The summed E-state index contributed by atoms with van der Waals surface area (Å²) in [6.45, 7) is 3.41. The second-order valence-electron chi connectivity index (χ2n) is 5.14. The first-order chi connectivity index (χ1) is 9.40. The second kappa shape index (κ2) is 5.48. The van der Waals surface area contributed by atoms with E-state index in [1.165, 1.54) is 24.0 Å². The van der Waals surface area contributed by atoms with Crippen molar-refractivity contribution in [3.05, 3.63) is 23.7 Å². The average Bonchev–Trinajstić information content (AvgIpc) is 2.88. The monoisotopic (exact) mass is 279 g/mol. The van der Waals surface area contributed by atoms with Crippen molar-refractivity contribution in [3.8, 4) is 0 Å². The van der Waals surface area contributed by atoms with Crippen molar-refractivity contribution in [2.75, 3.05) is 6.54 Å². The van der Waals surface area contributed by atoms with Crippen LogP contribution in [0.25, 0.3) is 0 Å². The Labute approximate surface area is 116 Å². The fourth-order valence-corrected chi connectivity index (χ4v) is 2.38. The number of hydrogen-bond acceptors (Lipinski definition) is 4. The van der Waals surface area contributed by atoms with Gasteiger partial charge in [-0.2, -0.15) is 0 Å². The fraction of sp³-hybridized carbons (Fsp3) is 0.500. The molecule has 108 valence electrons. The largest absolute Gasteiger partial charge is 0.481 e. The molecule has 0 radical (unpaired) electrons. The van der Waals surface area contributed by atoms with E-state index >= 15 is 0 Å². The lowest BCUT2D eigenvalue weighted by molar-refractivity contribution is -0.143. The highest BCUT2D eigenvalue weighted by atomic mass is 16.4. The van der Waals surface area contributed by atoms with Crippen LogP contribution in [-0.2, 0) is 4.79 Å². The lowest BCUT2D eigenvalue weighted by atomic mass is 9.93. The molecular weight excluding hydrogens is 262 g/mol. The summed E-state index contributed by atoms with van der Waals surface area (Å²) in [6.07, 6.45) is 1.21. The van der Waals surface area contributed by atoms with E-state index in [-0.39, 0.29) is 35.8 Å². The number of rotatable bonds is 3. The molecule has 1 aliphatic heterocycles. The number of ketones is 1. The van der Waals surface area contributed by atoms with Crippen LogP contribution in [0.5, 0.6) is 0 Å². The Morgan fingerprint density at radius 2 is 1.90 bits per heavy atom. The van der Waals surface area contributed by atoms with Crippen molar-refractivity contribution in [3.63, 3.8) is 0 Å². The third kappa shape index (κ3) is 2.74. The van der Waals surface area contributed by atoms with Gasteiger partial charge in [-0.25, -0.2) is 0 Å². The van der Waals surface area contributed by atoms with Crippen LogP contribution >= 0.6 is 0 Å². The highest BCUT2D eigenvalue weighted by Gasteiger charge is 2.34. The van der Waals surface area contributed by atoms with Crippen molar-refractivity contribution in [1.82, 2.24) is 4.90 Å². The smallest absolute Gasteiger partial charge is 0.308 e. The molecule has 0 bridgehead atoms. The summed E-state index contributed by atoms with van der Waals surface area (Å²) < 4.78 is 5.22. The zero-order valence-corrected chi connectivity index (χ0v) is 11.5. The van der Waals surface area contributed by atoms with E-state index < -0.39 is 11.9 Å². The summed E-state index contributed by atoms with van der Waals surface area (Å²) in [7, 11) is 0. The molecular formula is C14H17NO5. The molecule has 2 atom stereocenters. The van der Waals surface area contributed by atoms with Crippen LogP contribution in [0.1, 0.15) is 47.8 Å². The summed E-state index contributed by atoms with van der Waals surface area (Å²) in [6, 6.07) is 2.87. The van der Waals surface area contributed by atoms with E-state index in [9.17, 15) is 14.4 Å². The number of amides is 1. The summed E-state index contributed by atoms with van der Waals surface area (Å²) >= 11 is 0. The highest BCUT2D eigenvalue weighted by Crippen LogP contribution is 2.24. The molecule has 20 heavy (non-hydrogen) atoms. The molecule has 1 aromatic rings. The molecule has 0 spiro atoms. The van der Waals surface area contributed by atoms with E-state index in [2.05, 4.69) is 0 Å². The number of carboxylic acid groups (broad SMARTS) is 1. The minimum Gasteiger partial charge on any atom is -0.481 e. The van der Waals surface area contributed by atoms with E-state index in [4.69, 9.17) is 9.52 Å². The van der Waals surface area contributed by atoms with Gasteiger partial charge in [0, 0.05) is 19.5 Å². The molecule has 6 nitrogen and oxygen atoms in total. The maximum Gasteiger partial charge on any atom is 0.308 e. The third-order valence-electron chi connectivity index (χ3n) is 3.66. The molecule has 2 unspecified atom stereocenters. The standard InChI is InChI=1S/C14H17NO5/c1-8-3-4-10(14(18)19)7-15(8)13(17)12-6-5-11(20-12)9(2)16/h5-6,8,10H,3-4,7H2,1-2H3,(H,18,19). The van der Waals surface area contributed by atoms with E-state index in [1.807, 2.05) is 6.92 Å². The summed E-state index contributed by atoms with van der Waals surface area (Å²) in [5, 5.41) is 9.07. The molecule has 0 aromatic carbocycles. The lowest BCUT2D eigenvalue weighted by Crippen LogP contribution is -2.47. The first-order valence-corrected chi connectivity index (χ1v) is 6.54. The normalized spacial score (nSPS) is 22.6. The molecule has 2 heterocycles. The second-order valence-corrected chi connectivity index (χ2v) is 5.14. The van der Waals surface area contributed by atoms with Crippen LogP contribution in [0.4, 0.5) is 0 Å². The number of Topliss-reactive ketones (excluding diaryl/α,β-unsaturated/α-hetero) is 1. The van der Waals surface area contributed by atoms with E-state index in [1.54, 1.807) is 0 Å². The zero-order chi connectivity index (χ0) is 14.9. The zero-order valence-electron chi connectivity index (χ0n) is 11.5. The van der Waals surface area contributed by atoms with Gasteiger partial charge in [-0.05, 0) is 31.9 Å². The van der Waals surface area contributed by atoms with Crippen LogP contribution in [-0.4, -0.2) is 40.3 Å². The Morgan fingerprint density at radius 3 is 2.45 bits per heavy atom. The van der Waals surface area contributed by atoms with Crippen molar-refractivity contribution >= 4 is 17.7 Å². The Balaban J connectivity index is 2.17. The maximum atomic E-state index is 12.3. The van der Waals surface area contributed by atoms with Gasteiger partial charge in [0.1, 0.15) is 0 Å². The summed E-state index contributed by atoms with van der Waals surface area (Å²) in [5.41, 5.74) is 0. The minimum absolute atomic E-state index is 0.0380. The molecule has 1 aromatic heterocycles. The first-order valence-electron chi connectivity index (χ1n) is 6.54. The first kappa shape index (κ1) is 14.3. The van der Waals surface area contributed by atoms with Crippen LogP contribution in [0.3, 0.4) is 0 Å². The van der Waals surface area contributed by atoms with Gasteiger partial charge in [0.15, 0.2) is 17.3 Å². The number of aliphatic carboxylic acids is 1. The quantitative estimate of drug-likeness (QED) is 0.852. The summed E-state index contributed by atoms with van der Waals surface area (Å²) in [5.74, 6) is -1.84.